The van der Waals surface area contributed by atoms with Gasteiger partial charge in [0.2, 0.25) is 0 Å². The van der Waals surface area contributed by atoms with E-state index < -0.39 is 5.97 Å². The number of methoxy groups -OCH3 is 1. The van der Waals surface area contributed by atoms with Crippen LogP contribution in [-0.2, 0) is 11.3 Å². The lowest BCUT2D eigenvalue weighted by molar-refractivity contribution is 0.0600. The Labute approximate surface area is 232 Å². The number of aromatic nitrogens is 1. The van der Waals surface area contributed by atoms with Crippen molar-refractivity contribution in [3.05, 3.63) is 144 Å². The summed E-state index contributed by atoms with van der Waals surface area (Å²) in [5.41, 5.74) is 5.95. The average molecular weight is 521 g/mol. The lowest BCUT2D eigenvalue weighted by atomic mass is 10.0. The highest BCUT2D eigenvalue weighted by Crippen LogP contribution is 2.31. The van der Waals surface area contributed by atoms with Crippen LogP contribution in [0.2, 0.25) is 0 Å². The minimum Gasteiger partial charge on any atom is -0.465 e. The van der Waals surface area contributed by atoms with Crippen LogP contribution in [0.3, 0.4) is 0 Å². The van der Waals surface area contributed by atoms with Gasteiger partial charge in [0.25, 0.3) is 0 Å². The maximum atomic E-state index is 12.2. The van der Waals surface area contributed by atoms with Crippen molar-refractivity contribution in [3.63, 3.8) is 0 Å². The molecular weight excluding hydrogens is 484 g/mol. The first kappa shape index (κ1) is 28.9. The summed E-state index contributed by atoms with van der Waals surface area (Å²) in [7, 11) is 1.37. The molecule has 2 aromatic carbocycles. The lowest BCUT2D eigenvalue weighted by Gasteiger charge is -2.31. The van der Waals surface area contributed by atoms with Gasteiger partial charge in [-0.2, -0.15) is 0 Å². The molecule has 0 amide bonds. The minimum atomic E-state index is -0.419. The van der Waals surface area contributed by atoms with E-state index in [4.69, 9.17) is 9.47 Å². The van der Waals surface area contributed by atoms with Crippen LogP contribution in [0.1, 0.15) is 49.3 Å². The topological polar surface area (TPSA) is 51.7 Å². The molecule has 0 atom stereocenters. The summed E-state index contributed by atoms with van der Waals surface area (Å²) in [6, 6.07) is 21.1. The van der Waals surface area contributed by atoms with E-state index in [2.05, 4.69) is 42.5 Å². The molecule has 0 saturated carbocycles. The Hall–Kier alpha value is -4.64. The standard InChI is InChI=1S/C34H36N2O3/c1-7-9-11-16-31(25(3)4)33(8-2)36(26(5)32-23-28(21-22-35-32)34(37)38-6)24-27-17-19-30(20-18-27)39-29-14-12-10-13-15-29/h7-23H,5,24H2,1-4,6H3/b9-7-,16-11-,33-8-. The highest BCUT2D eigenvalue weighted by molar-refractivity contribution is 5.90. The second-order valence-electron chi connectivity index (χ2n) is 8.99. The zero-order chi connectivity index (χ0) is 28.2. The fraction of sp³-hybridized carbons (Fsp3) is 0.176. The summed E-state index contributed by atoms with van der Waals surface area (Å²) in [6.07, 6.45) is 11.8. The fourth-order valence-corrected chi connectivity index (χ4v) is 4.00. The van der Waals surface area contributed by atoms with Crippen LogP contribution in [0.4, 0.5) is 0 Å². The van der Waals surface area contributed by atoms with E-state index in [-0.39, 0.29) is 0 Å². The van der Waals surface area contributed by atoms with Gasteiger partial charge in [0.15, 0.2) is 0 Å². The van der Waals surface area contributed by atoms with Gasteiger partial charge in [-0.05, 0) is 75.2 Å². The molecule has 3 aromatic rings. The molecular formula is C34H36N2O3. The summed E-state index contributed by atoms with van der Waals surface area (Å²) in [4.78, 5) is 18.9. The average Bonchev–Trinajstić information content (AvgIpc) is 2.96. The van der Waals surface area contributed by atoms with Crippen LogP contribution in [0.25, 0.3) is 5.70 Å². The Bertz CT molecular complexity index is 1390. The van der Waals surface area contributed by atoms with Crippen molar-refractivity contribution in [2.75, 3.05) is 7.11 Å². The van der Waals surface area contributed by atoms with E-state index in [1.165, 1.54) is 7.11 Å². The van der Waals surface area contributed by atoms with Crippen molar-refractivity contribution >= 4 is 11.7 Å². The molecule has 39 heavy (non-hydrogen) atoms. The van der Waals surface area contributed by atoms with Gasteiger partial charge in [0.05, 0.1) is 24.1 Å². The Morgan fingerprint density at radius 3 is 2.28 bits per heavy atom. The molecule has 5 nitrogen and oxygen atoms in total. The van der Waals surface area contributed by atoms with Gasteiger partial charge < -0.3 is 14.4 Å². The number of ether oxygens (including phenoxy) is 2. The molecule has 5 heteroatoms. The highest BCUT2D eigenvalue weighted by atomic mass is 16.5. The molecule has 0 aliphatic rings. The smallest absolute Gasteiger partial charge is 0.337 e. The number of allylic oxidation sites excluding steroid dienone is 6. The second-order valence-corrected chi connectivity index (χ2v) is 8.99. The monoisotopic (exact) mass is 520 g/mol. The van der Waals surface area contributed by atoms with Gasteiger partial charge in [-0.3, -0.25) is 4.98 Å². The highest BCUT2D eigenvalue weighted by Gasteiger charge is 2.20. The van der Waals surface area contributed by atoms with Gasteiger partial charge in [-0.25, -0.2) is 4.79 Å². The van der Waals surface area contributed by atoms with Crippen molar-refractivity contribution in [3.8, 4) is 11.5 Å². The zero-order valence-corrected chi connectivity index (χ0v) is 23.3. The van der Waals surface area contributed by atoms with Crippen LogP contribution in [0, 0.1) is 0 Å². The number of para-hydroxylation sites is 1. The zero-order valence-electron chi connectivity index (χ0n) is 23.3. The largest absolute Gasteiger partial charge is 0.465 e. The number of benzene rings is 2. The van der Waals surface area contributed by atoms with E-state index in [1.54, 1.807) is 18.3 Å². The SMILES string of the molecule is C=C(c1cc(C(=O)OC)ccn1)N(Cc1ccc(Oc2ccccc2)cc1)/C(=C\C)C(/C=C\C=C/C)=C(C)C. The summed E-state index contributed by atoms with van der Waals surface area (Å²) in [6.45, 7) is 13.1. The molecule has 0 spiro atoms. The molecule has 1 heterocycles. The predicted octanol–water partition coefficient (Wildman–Crippen LogP) is 8.51. The van der Waals surface area contributed by atoms with Gasteiger partial charge in [0, 0.05) is 18.4 Å². The number of carbonyl (C=O) groups excluding carboxylic acids is 1. The molecule has 3 rings (SSSR count). The van der Waals surface area contributed by atoms with Gasteiger partial charge in [-0.1, -0.05) is 72.9 Å². The Kier molecular flexibility index (Phi) is 10.6. The van der Waals surface area contributed by atoms with E-state index in [9.17, 15) is 4.79 Å². The summed E-state index contributed by atoms with van der Waals surface area (Å²) in [5.74, 6) is 1.12. The summed E-state index contributed by atoms with van der Waals surface area (Å²) in [5, 5.41) is 0. The molecule has 0 unspecified atom stereocenters. The summed E-state index contributed by atoms with van der Waals surface area (Å²) >= 11 is 0. The normalized spacial score (nSPS) is 11.5. The van der Waals surface area contributed by atoms with Gasteiger partial charge in [0.1, 0.15) is 11.5 Å². The van der Waals surface area contributed by atoms with Crippen LogP contribution in [0.15, 0.2) is 127 Å². The number of hydrogen-bond acceptors (Lipinski definition) is 5. The summed E-state index contributed by atoms with van der Waals surface area (Å²) < 4.78 is 10.9. The van der Waals surface area contributed by atoms with E-state index in [1.807, 2.05) is 86.7 Å². The molecule has 0 saturated heterocycles. The third-order valence-electron chi connectivity index (χ3n) is 5.99. The molecule has 0 fully saturated rings. The quantitative estimate of drug-likeness (QED) is 0.187. The Morgan fingerprint density at radius 1 is 0.974 bits per heavy atom. The number of nitrogens with zero attached hydrogens (tertiary/aromatic N) is 2. The first-order valence-electron chi connectivity index (χ1n) is 12.8. The number of esters is 1. The number of pyridine rings is 1. The van der Waals surface area contributed by atoms with Crippen molar-refractivity contribution < 1.29 is 14.3 Å². The first-order chi connectivity index (χ1) is 18.9. The van der Waals surface area contributed by atoms with E-state index in [0.29, 0.717) is 23.5 Å². The van der Waals surface area contributed by atoms with Crippen LogP contribution < -0.4 is 4.74 Å². The molecule has 200 valence electrons. The third kappa shape index (κ3) is 7.92. The van der Waals surface area contributed by atoms with E-state index >= 15 is 0 Å². The van der Waals surface area contributed by atoms with Crippen molar-refractivity contribution in [2.45, 2.75) is 34.2 Å². The van der Waals surface area contributed by atoms with Crippen LogP contribution >= 0.6 is 0 Å². The molecule has 0 bridgehead atoms. The van der Waals surface area contributed by atoms with Crippen molar-refractivity contribution in [2.24, 2.45) is 0 Å². The van der Waals surface area contributed by atoms with Crippen molar-refractivity contribution in [1.82, 2.24) is 9.88 Å². The van der Waals surface area contributed by atoms with Crippen molar-refractivity contribution in [1.29, 1.82) is 0 Å². The molecule has 0 aliphatic carbocycles. The number of hydrogen-bond donors (Lipinski definition) is 0. The van der Waals surface area contributed by atoms with Gasteiger partial charge >= 0.3 is 5.97 Å². The molecule has 0 N–H and O–H groups in total. The number of rotatable bonds is 11. The van der Waals surface area contributed by atoms with Crippen LogP contribution in [-0.4, -0.2) is 23.0 Å². The fourth-order valence-electron chi connectivity index (χ4n) is 4.00. The molecule has 0 radical (unpaired) electrons. The third-order valence-corrected chi connectivity index (χ3v) is 5.99. The Balaban J connectivity index is 2.00. The van der Waals surface area contributed by atoms with Gasteiger partial charge in [-0.15, -0.1) is 0 Å². The maximum absolute atomic E-state index is 12.2. The minimum absolute atomic E-state index is 0.419. The first-order valence-corrected chi connectivity index (χ1v) is 12.8. The Morgan fingerprint density at radius 2 is 1.67 bits per heavy atom. The van der Waals surface area contributed by atoms with Crippen LogP contribution in [0.5, 0.6) is 11.5 Å². The van der Waals surface area contributed by atoms with E-state index in [0.717, 1.165) is 33.9 Å². The molecule has 0 aliphatic heterocycles. The molecule has 1 aromatic heterocycles. The lowest BCUT2D eigenvalue weighted by Crippen LogP contribution is -2.23. The predicted molar refractivity (Wildman–Crippen MR) is 159 cm³/mol. The number of carbonyl (C=O) groups is 1. The second kappa shape index (κ2) is 14.3. The maximum Gasteiger partial charge on any atom is 0.337 e.